The minimum absolute atomic E-state index is 0.0380. The molecule has 0 radical (unpaired) electrons. The van der Waals surface area contributed by atoms with Crippen LogP contribution < -0.4 is 14.2 Å². The highest BCUT2D eigenvalue weighted by Gasteiger charge is 2.31. The number of sulfone groups is 1. The molecule has 1 aliphatic rings. The van der Waals surface area contributed by atoms with Crippen LogP contribution >= 0.6 is 0 Å². The minimum Gasteiger partial charge on any atom is -0.478 e. The molecule has 0 amide bonds. The number of hydrogen-bond acceptors (Lipinski definition) is 7. The van der Waals surface area contributed by atoms with Crippen molar-refractivity contribution in [3.05, 3.63) is 82.9 Å². The fourth-order valence-electron chi connectivity index (χ4n) is 4.22. The van der Waals surface area contributed by atoms with Gasteiger partial charge in [-0.1, -0.05) is 45.4 Å². The van der Waals surface area contributed by atoms with Crippen molar-refractivity contribution < 1.29 is 37.3 Å². The van der Waals surface area contributed by atoms with Crippen LogP contribution in [0.3, 0.4) is 0 Å². The van der Waals surface area contributed by atoms with E-state index >= 15 is 0 Å². The van der Waals surface area contributed by atoms with E-state index in [2.05, 4.69) is 0 Å². The Kier molecular flexibility index (Phi) is 8.06. The molecule has 0 aromatic heterocycles. The molecular weight excluding hydrogens is 508 g/mol. The average molecular weight is 539 g/mol. The highest BCUT2D eigenvalue weighted by atomic mass is 32.2. The average Bonchev–Trinajstić information content (AvgIpc) is 3.35. The van der Waals surface area contributed by atoms with Gasteiger partial charge in [0.15, 0.2) is 33.2 Å². The maximum Gasteiger partial charge on any atom is 0.335 e. The molecule has 3 aromatic rings. The predicted molar refractivity (Wildman–Crippen MR) is 141 cm³/mol. The van der Waals surface area contributed by atoms with E-state index in [-0.39, 0.29) is 23.2 Å². The number of Topliss-reactive ketones (excluding diaryl/α,β-unsaturated/α-hetero) is 1. The molecule has 0 spiro atoms. The summed E-state index contributed by atoms with van der Waals surface area (Å²) in [4.78, 5) is 25.1. The second-order valence-corrected chi connectivity index (χ2v) is 11.4. The predicted octanol–water partition coefficient (Wildman–Crippen LogP) is 5.35. The van der Waals surface area contributed by atoms with Gasteiger partial charge in [-0.15, -0.1) is 0 Å². The molecule has 0 aliphatic carbocycles. The summed E-state index contributed by atoms with van der Waals surface area (Å²) in [6.07, 6.45) is -0.0533. The first-order chi connectivity index (χ1) is 18.1. The molecule has 0 bridgehead atoms. The van der Waals surface area contributed by atoms with E-state index in [1.54, 1.807) is 30.3 Å². The number of ketones is 1. The Morgan fingerprint density at radius 1 is 0.947 bits per heavy atom. The quantitative estimate of drug-likeness (QED) is 0.347. The van der Waals surface area contributed by atoms with Gasteiger partial charge in [0, 0.05) is 5.56 Å². The van der Waals surface area contributed by atoms with E-state index in [1.165, 1.54) is 30.3 Å². The fraction of sp³-hybridized carbons (Fsp3) is 0.310. The number of carbonyl (C=O) groups excluding carboxylic acids is 1. The molecule has 3 aromatic carbocycles. The summed E-state index contributed by atoms with van der Waals surface area (Å²) in [6.45, 7) is 6.00. The van der Waals surface area contributed by atoms with Crippen LogP contribution in [0.15, 0.2) is 65.6 Å². The Bertz CT molecular complexity index is 1440. The maximum absolute atomic E-state index is 13.6. The Labute approximate surface area is 222 Å². The van der Waals surface area contributed by atoms with Gasteiger partial charge < -0.3 is 19.3 Å². The van der Waals surface area contributed by atoms with Gasteiger partial charge in [-0.3, -0.25) is 4.79 Å². The number of aryl methyl sites for hydroxylation is 1. The van der Waals surface area contributed by atoms with Gasteiger partial charge in [-0.2, -0.15) is 0 Å². The van der Waals surface area contributed by atoms with Gasteiger partial charge in [-0.25, -0.2) is 13.2 Å². The van der Waals surface area contributed by atoms with Gasteiger partial charge >= 0.3 is 5.97 Å². The minimum atomic E-state index is -3.96. The molecule has 0 fully saturated rings. The second-order valence-electron chi connectivity index (χ2n) is 9.44. The molecule has 8 nitrogen and oxygen atoms in total. The SMILES string of the molecule is CCCc1cc(C(=O)O)ccc1OC(C(=O)CS(=O)(=O)c1ccc(C(C)C)cc1)c1ccc2c(c1)OCO2. The summed E-state index contributed by atoms with van der Waals surface area (Å²) >= 11 is 0. The zero-order chi connectivity index (χ0) is 27.4. The van der Waals surface area contributed by atoms with E-state index in [4.69, 9.17) is 14.2 Å². The van der Waals surface area contributed by atoms with Crippen LogP contribution in [0.2, 0.25) is 0 Å². The summed E-state index contributed by atoms with van der Waals surface area (Å²) in [7, 11) is -3.96. The molecular formula is C29H30O8S. The lowest BCUT2D eigenvalue weighted by molar-refractivity contribution is -0.123. The number of carbonyl (C=O) groups is 2. The van der Waals surface area contributed by atoms with Crippen molar-refractivity contribution in [3.8, 4) is 17.2 Å². The number of hydrogen-bond donors (Lipinski definition) is 1. The molecule has 0 saturated carbocycles. The van der Waals surface area contributed by atoms with Gasteiger partial charge in [0.25, 0.3) is 0 Å². The third kappa shape index (κ3) is 5.99. The number of rotatable bonds is 11. The van der Waals surface area contributed by atoms with Gasteiger partial charge in [0.05, 0.1) is 10.5 Å². The molecule has 0 saturated heterocycles. The van der Waals surface area contributed by atoms with Crippen LogP contribution in [0.5, 0.6) is 17.2 Å². The summed E-state index contributed by atoms with van der Waals surface area (Å²) in [5.41, 5.74) is 2.09. The van der Waals surface area contributed by atoms with Crippen molar-refractivity contribution in [2.45, 2.75) is 50.5 Å². The summed E-state index contributed by atoms with van der Waals surface area (Å²) < 4.78 is 43.4. The fourth-order valence-corrected chi connectivity index (χ4v) is 5.46. The highest BCUT2D eigenvalue weighted by Crippen LogP contribution is 2.37. The van der Waals surface area contributed by atoms with E-state index in [0.29, 0.717) is 41.2 Å². The van der Waals surface area contributed by atoms with E-state index in [0.717, 1.165) is 5.56 Å². The Morgan fingerprint density at radius 3 is 2.29 bits per heavy atom. The summed E-state index contributed by atoms with van der Waals surface area (Å²) in [5.74, 6) is -1.04. The molecule has 1 unspecified atom stereocenters. The van der Waals surface area contributed by atoms with E-state index in [9.17, 15) is 23.1 Å². The standard InChI is InChI=1S/C29H30O8S/c1-4-5-20-14-22(29(31)32)9-12-25(20)37-28(21-8-13-26-27(15-21)36-17-35-26)24(30)16-38(33,34)23-10-6-19(7-11-23)18(2)3/h6-15,18,28H,4-5,16-17H2,1-3H3,(H,31,32). The molecule has 1 N–H and O–H groups in total. The third-order valence-corrected chi connectivity index (χ3v) is 7.96. The zero-order valence-corrected chi connectivity index (χ0v) is 22.3. The first-order valence-corrected chi connectivity index (χ1v) is 14.0. The second kappa shape index (κ2) is 11.3. The molecule has 1 heterocycles. The van der Waals surface area contributed by atoms with Crippen LogP contribution in [0.4, 0.5) is 0 Å². The summed E-state index contributed by atoms with van der Waals surface area (Å²) in [6, 6.07) is 15.8. The van der Waals surface area contributed by atoms with Crippen molar-refractivity contribution in [3.63, 3.8) is 0 Å². The number of carboxylic acid groups (broad SMARTS) is 1. The lowest BCUT2D eigenvalue weighted by Gasteiger charge is -2.21. The van der Waals surface area contributed by atoms with Crippen molar-refractivity contribution in [2.24, 2.45) is 0 Å². The molecule has 38 heavy (non-hydrogen) atoms. The van der Waals surface area contributed by atoms with Crippen molar-refractivity contribution in [1.29, 1.82) is 0 Å². The van der Waals surface area contributed by atoms with Crippen molar-refractivity contribution in [2.75, 3.05) is 12.5 Å². The topological polar surface area (TPSA) is 116 Å². The zero-order valence-electron chi connectivity index (χ0n) is 21.5. The van der Waals surface area contributed by atoms with Crippen LogP contribution in [-0.2, 0) is 21.1 Å². The summed E-state index contributed by atoms with van der Waals surface area (Å²) in [5, 5.41) is 9.40. The smallest absolute Gasteiger partial charge is 0.335 e. The maximum atomic E-state index is 13.6. The van der Waals surface area contributed by atoms with Crippen molar-refractivity contribution in [1.82, 2.24) is 0 Å². The van der Waals surface area contributed by atoms with Crippen LogP contribution in [0.1, 0.15) is 66.3 Å². The number of benzene rings is 3. The normalized spacial score (nSPS) is 13.4. The van der Waals surface area contributed by atoms with E-state index in [1.807, 2.05) is 20.8 Å². The number of carboxylic acids is 1. The third-order valence-electron chi connectivity index (χ3n) is 6.30. The molecule has 9 heteroatoms. The number of ether oxygens (including phenoxy) is 3. The molecule has 1 atom stereocenters. The Hall–Kier alpha value is -3.85. The number of fused-ring (bicyclic) bond motifs is 1. The molecule has 200 valence electrons. The number of aromatic carboxylic acids is 1. The van der Waals surface area contributed by atoms with Crippen molar-refractivity contribution >= 4 is 21.6 Å². The molecule has 1 aliphatic heterocycles. The first-order valence-electron chi connectivity index (χ1n) is 12.4. The van der Waals surface area contributed by atoms with Crippen LogP contribution in [0, 0.1) is 0 Å². The lowest BCUT2D eigenvalue weighted by Crippen LogP contribution is -2.26. The van der Waals surface area contributed by atoms with Crippen LogP contribution in [0.25, 0.3) is 0 Å². The van der Waals surface area contributed by atoms with Gasteiger partial charge in [-0.05, 0) is 65.9 Å². The highest BCUT2D eigenvalue weighted by molar-refractivity contribution is 7.92. The Balaban J connectivity index is 1.69. The Morgan fingerprint density at radius 2 is 1.63 bits per heavy atom. The monoisotopic (exact) mass is 538 g/mol. The van der Waals surface area contributed by atoms with Gasteiger partial charge in [0.1, 0.15) is 11.5 Å². The van der Waals surface area contributed by atoms with Crippen LogP contribution in [-0.4, -0.2) is 37.8 Å². The van der Waals surface area contributed by atoms with Gasteiger partial charge in [0.2, 0.25) is 6.79 Å². The molecule has 4 rings (SSSR count). The largest absolute Gasteiger partial charge is 0.478 e. The lowest BCUT2D eigenvalue weighted by atomic mass is 10.0. The first kappa shape index (κ1) is 27.2. The van der Waals surface area contributed by atoms with E-state index < -0.39 is 33.4 Å².